The fourth-order valence-electron chi connectivity index (χ4n) is 4.44. The van der Waals surface area contributed by atoms with Crippen molar-refractivity contribution in [2.75, 3.05) is 25.0 Å². The van der Waals surface area contributed by atoms with Crippen LogP contribution in [0.2, 0.25) is 5.02 Å². The summed E-state index contributed by atoms with van der Waals surface area (Å²) in [5.74, 6) is -3.40. The molecule has 2 aromatic carbocycles. The highest BCUT2D eigenvalue weighted by molar-refractivity contribution is 6.30. The normalized spacial score (nSPS) is 17.3. The molecule has 2 aliphatic heterocycles. The van der Waals surface area contributed by atoms with E-state index in [1.807, 2.05) is 11.0 Å². The van der Waals surface area contributed by atoms with Crippen LogP contribution in [0.15, 0.2) is 60.8 Å². The van der Waals surface area contributed by atoms with E-state index in [0.29, 0.717) is 48.0 Å². The first-order chi connectivity index (χ1) is 19.6. The Hall–Kier alpha value is -4.17. The number of pyridine rings is 1. The number of carboxylic acid groups (broad SMARTS) is 1. The first-order valence-electron chi connectivity index (χ1n) is 12.2. The Morgan fingerprint density at radius 2 is 1.69 bits per heavy atom. The predicted octanol–water partition coefficient (Wildman–Crippen LogP) is 5.33. The Bertz CT molecular complexity index is 1500. The van der Waals surface area contributed by atoms with Gasteiger partial charge >= 0.3 is 18.3 Å². The number of alkyl halides is 6. The zero-order valence-electron chi connectivity index (χ0n) is 21.3. The molecule has 3 heterocycles. The number of fused-ring (bicyclic) bond motifs is 2. The number of amides is 2. The third kappa shape index (κ3) is 7.18. The molecule has 15 heteroatoms. The monoisotopic (exact) mass is 614 g/mol. The first-order valence-corrected chi connectivity index (χ1v) is 12.6. The van der Waals surface area contributed by atoms with Crippen LogP contribution in [0.1, 0.15) is 21.6 Å². The van der Waals surface area contributed by atoms with Crippen LogP contribution in [0, 0.1) is 0 Å². The van der Waals surface area contributed by atoms with Gasteiger partial charge in [-0.2, -0.15) is 26.3 Å². The topological polar surface area (TPSA) is 103 Å². The molecule has 1 aromatic heterocycles. The Balaban J connectivity index is 0.000000517. The largest absolute Gasteiger partial charge is 0.490 e. The van der Waals surface area contributed by atoms with Crippen LogP contribution in [-0.4, -0.2) is 69.5 Å². The van der Waals surface area contributed by atoms with Crippen LogP contribution in [0.4, 0.5) is 32.0 Å². The minimum Gasteiger partial charge on any atom is -0.475 e. The summed E-state index contributed by atoms with van der Waals surface area (Å²) >= 11 is 5.90. The van der Waals surface area contributed by atoms with Crippen LogP contribution in [0.5, 0.6) is 0 Å². The molecule has 1 atom stereocenters. The highest BCUT2D eigenvalue weighted by Crippen LogP contribution is 2.34. The number of benzene rings is 2. The van der Waals surface area contributed by atoms with Gasteiger partial charge in [-0.15, -0.1) is 0 Å². The van der Waals surface area contributed by atoms with Gasteiger partial charge in [0.25, 0.3) is 5.91 Å². The molecule has 1 saturated heterocycles. The zero-order valence-corrected chi connectivity index (χ0v) is 22.1. The number of anilines is 1. The van der Waals surface area contributed by atoms with Gasteiger partial charge in [0, 0.05) is 32.4 Å². The van der Waals surface area contributed by atoms with E-state index in [4.69, 9.17) is 21.5 Å². The average Bonchev–Trinajstić information content (AvgIpc) is 3.03. The van der Waals surface area contributed by atoms with E-state index >= 15 is 0 Å². The molecule has 0 radical (unpaired) electrons. The van der Waals surface area contributed by atoms with Crippen molar-refractivity contribution in [2.45, 2.75) is 24.9 Å². The van der Waals surface area contributed by atoms with Gasteiger partial charge in [-0.25, -0.2) is 4.79 Å². The van der Waals surface area contributed by atoms with Crippen molar-refractivity contribution in [1.82, 2.24) is 14.8 Å². The SMILES string of the molecule is O=C(O)C(F)(F)F.O=C1Nc2ccc(-c3cccc(C(F)(F)F)c3)cc2C(=O)N2CCN(Cc3ccc(Cl)cn3)CC12. The van der Waals surface area contributed by atoms with Crippen molar-refractivity contribution in [3.05, 3.63) is 82.6 Å². The van der Waals surface area contributed by atoms with Crippen LogP contribution in [0.25, 0.3) is 11.1 Å². The highest BCUT2D eigenvalue weighted by Gasteiger charge is 2.40. The summed E-state index contributed by atoms with van der Waals surface area (Å²) in [6.07, 6.45) is -7.99. The molecule has 0 bridgehead atoms. The zero-order chi connectivity index (χ0) is 30.8. The molecule has 222 valence electrons. The fraction of sp³-hybridized carbons (Fsp3) is 0.259. The highest BCUT2D eigenvalue weighted by atomic mass is 35.5. The molecule has 1 fully saturated rings. The molecule has 0 aliphatic carbocycles. The number of nitrogens with one attached hydrogen (secondary N) is 1. The molecule has 2 amide bonds. The van der Waals surface area contributed by atoms with Gasteiger partial charge < -0.3 is 15.3 Å². The molecule has 0 spiro atoms. The lowest BCUT2D eigenvalue weighted by Crippen LogP contribution is -2.58. The second-order valence-corrected chi connectivity index (χ2v) is 9.78. The number of carboxylic acids is 1. The molecular formula is C27H21ClF6N4O4. The standard InChI is InChI=1S/C25H20ClF3N4O2.C2HF3O2/c26-18-5-6-19(30-12-18)13-32-8-9-33-22(14-32)23(34)31-21-7-4-16(11-20(21)24(33)35)15-2-1-3-17(10-15)25(27,28)29;3-2(4,5)1(6)7/h1-7,10-12,22H,8-9,13-14H2,(H,31,34);(H,6,7). The third-order valence-corrected chi connectivity index (χ3v) is 6.70. The maximum absolute atomic E-state index is 13.4. The Labute approximate surface area is 239 Å². The van der Waals surface area contributed by atoms with E-state index in [1.54, 1.807) is 36.5 Å². The van der Waals surface area contributed by atoms with Crippen molar-refractivity contribution in [1.29, 1.82) is 0 Å². The van der Waals surface area contributed by atoms with E-state index in [0.717, 1.165) is 17.8 Å². The molecular weight excluding hydrogens is 594 g/mol. The van der Waals surface area contributed by atoms with Gasteiger partial charge in [0.1, 0.15) is 6.04 Å². The van der Waals surface area contributed by atoms with E-state index in [9.17, 15) is 35.9 Å². The summed E-state index contributed by atoms with van der Waals surface area (Å²) in [6, 6.07) is 12.5. The number of aromatic nitrogens is 1. The number of nitrogens with zero attached hydrogens (tertiary/aromatic N) is 3. The number of rotatable bonds is 3. The summed E-state index contributed by atoms with van der Waals surface area (Å²) in [5.41, 5.74) is 1.43. The first kappa shape index (κ1) is 30.8. The maximum atomic E-state index is 13.4. The van der Waals surface area contributed by atoms with E-state index in [2.05, 4.69) is 10.3 Å². The van der Waals surface area contributed by atoms with Crippen molar-refractivity contribution in [3.8, 4) is 11.1 Å². The lowest BCUT2D eigenvalue weighted by molar-refractivity contribution is -0.192. The summed E-state index contributed by atoms with van der Waals surface area (Å²) in [7, 11) is 0. The van der Waals surface area contributed by atoms with Crippen molar-refractivity contribution >= 4 is 35.1 Å². The second kappa shape index (κ2) is 12.0. The minimum atomic E-state index is -5.08. The molecule has 0 saturated carbocycles. The minimum absolute atomic E-state index is 0.253. The van der Waals surface area contributed by atoms with Gasteiger partial charge in [0.05, 0.1) is 27.5 Å². The van der Waals surface area contributed by atoms with Crippen molar-refractivity contribution < 1.29 is 45.8 Å². The third-order valence-electron chi connectivity index (χ3n) is 6.48. The fourth-order valence-corrected chi connectivity index (χ4v) is 4.55. The number of aliphatic carboxylic acids is 1. The molecule has 42 heavy (non-hydrogen) atoms. The van der Waals surface area contributed by atoms with Gasteiger partial charge in [0.15, 0.2) is 0 Å². The number of carbonyl (C=O) groups is 3. The lowest BCUT2D eigenvalue weighted by Gasteiger charge is -2.39. The number of piperazine rings is 1. The molecule has 5 rings (SSSR count). The number of carbonyl (C=O) groups excluding carboxylic acids is 2. The van der Waals surface area contributed by atoms with Crippen LogP contribution >= 0.6 is 11.6 Å². The van der Waals surface area contributed by atoms with Gasteiger partial charge in [-0.05, 0) is 47.5 Å². The number of halogens is 7. The van der Waals surface area contributed by atoms with Crippen LogP contribution in [-0.2, 0) is 22.3 Å². The van der Waals surface area contributed by atoms with E-state index in [-0.39, 0.29) is 17.4 Å². The summed E-state index contributed by atoms with van der Waals surface area (Å²) in [5, 5.41) is 10.5. The quantitative estimate of drug-likeness (QED) is 0.387. The Morgan fingerprint density at radius 3 is 2.31 bits per heavy atom. The predicted molar refractivity (Wildman–Crippen MR) is 139 cm³/mol. The average molecular weight is 615 g/mol. The molecule has 2 aliphatic rings. The Kier molecular flexibility index (Phi) is 8.78. The van der Waals surface area contributed by atoms with Crippen LogP contribution < -0.4 is 5.32 Å². The van der Waals surface area contributed by atoms with E-state index in [1.165, 1.54) is 11.0 Å². The smallest absolute Gasteiger partial charge is 0.475 e. The van der Waals surface area contributed by atoms with Crippen LogP contribution in [0.3, 0.4) is 0 Å². The Morgan fingerprint density at radius 1 is 1.00 bits per heavy atom. The summed E-state index contributed by atoms with van der Waals surface area (Å²) in [4.78, 5) is 43.2. The van der Waals surface area contributed by atoms with Gasteiger partial charge in [-0.3, -0.25) is 19.5 Å². The van der Waals surface area contributed by atoms with Crippen molar-refractivity contribution in [2.24, 2.45) is 0 Å². The summed E-state index contributed by atoms with van der Waals surface area (Å²) in [6.45, 7) is 1.71. The molecule has 3 aromatic rings. The second-order valence-electron chi connectivity index (χ2n) is 9.35. The van der Waals surface area contributed by atoms with Gasteiger partial charge in [0.2, 0.25) is 5.91 Å². The van der Waals surface area contributed by atoms with Crippen molar-refractivity contribution in [3.63, 3.8) is 0 Å². The lowest BCUT2D eigenvalue weighted by atomic mass is 9.99. The van der Waals surface area contributed by atoms with Gasteiger partial charge in [-0.1, -0.05) is 29.8 Å². The maximum Gasteiger partial charge on any atom is 0.490 e. The number of hydrogen-bond donors (Lipinski definition) is 2. The molecule has 1 unspecified atom stereocenters. The van der Waals surface area contributed by atoms with E-state index < -0.39 is 29.9 Å². The summed E-state index contributed by atoms with van der Waals surface area (Å²) < 4.78 is 71.2. The molecule has 2 N–H and O–H groups in total. The molecule has 8 nitrogen and oxygen atoms in total. The number of hydrogen-bond acceptors (Lipinski definition) is 5.